The van der Waals surface area contributed by atoms with Crippen LogP contribution in [0.15, 0.2) is 35.5 Å². The maximum Gasteiger partial charge on any atom is 0.281 e. The van der Waals surface area contributed by atoms with E-state index in [1.165, 1.54) is 7.05 Å². The molecular weight excluding hydrogens is 254 g/mol. The summed E-state index contributed by atoms with van der Waals surface area (Å²) in [6, 6.07) is 10.5. The highest BCUT2D eigenvalue weighted by Crippen LogP contribution is 2.21. The first-order valence-electron chi connectivity index (χ1n) is 5.22. The van der Waals surface area contributed by atoms with Crippen LogP contribution in [0.1, 0.15) is 6.42 Å². The van der Waals surface area contributed by atoms with Crippen molar-refractivity contribution in [2.24, 2.45) is 5.16 Å². The molecule has 0 aliphatic carbocycles. The summed E-state index contributed by atoms with van der Waals surface area (Å²) in [5, 5.41) is 12.0. The van der Waals surface area contributed by atoms with Gasteiger partial charge in [0.25, 0.3) is 10.0 Å². The Hall–Kier alpha value is -2.07. The number of nitrogens with zero attached hydrogens (tertiary/aromatic N) is 3. The smallest absolute Gasteiger partial charge is 0.281 e. The fourth-order valence-electron chi connectivity index (χ4n) is 1.51. The highest BCUT2D eigenvalue weighted by atomic mass is 32.2. The quantitative estimate of drug-likeness (QED) is 0.801. The van der Waals surface area contributed by atoms with E-state index in [0.29, 0.717) is 5.69 Å². The SMILES string of the molecule is CN(c1ccccc1)S(=O)(=O)C1=NOC(C#N)C1. The molecular formula is C11H11N3O3S. The lowest BCUT2D eigenvalue weighted by Crippen LogP contribution is -2.32. The third kappa shape index (κ3) is 2.15. The number of anilines is 1. The molecule has 0 aromatic heterocycles. The highest BCUT2D eigenvalue weighted by Gasteiger charge is 2.33. The van der Waals surface area contributed by atoms with Crippen molar-refractivity contribution < 1.29 is 13.3 Å². The van der Waals surface area contributed by atoms with Crippen molar-refractivity contribution in [3.8, 4) is 6.07 Å². The summed E-state index contributed by atoms with van der Waals surface area (Å²) in [4.78, 5) is 4.71. The summed E-state index contributed by atoms with van der Waals surface area (Å²) in [6.45, 7) is 0. The molecule has 1 atom stereocenters. The molecule has 0 fully saturated rings. The van der Waals surface area contributed by atoms with Gasteiger partial charge in [0.15, 0.2) is 5.04 Å². The van der Waals surface area contributed by atoms with Gasteiger partial charge in [-0.05, 0) is 12.1 Å². The molecule has 1 unspecified atom stereocenters. The fraction of sp³-hybridized carbons (Fsp3) is 0.273. The van der Waals surface area contributed by atoms with Crippen LogP contribution in [0.3, 0.4) is 0 Å². The van der Waals surface area contributed by atoms with Gasteiger partial charge in [-0.3, -0.25) is 4.31 Å². The third-order valence-electron chi connectivity index (χ3n) is 2.56. The Morgan fingerprint density at radius 1 is 1.44 bits per heavy atom. The highest BCUT2D eigenvalue weighted by molar-refractivity contribution is 8.07. The van der Waals surface area contributed by atoms with E-state index >= 15 is 0 Å². The zero-order valence-corrected chi connectivity index (χ0v) is 10.5. The van der Waals surface area contributed by atoms with Gasteiger partial charge in [-0.25, -0.2) is 0 Å². The molecule has 0 saturated carbocycles. The van der Waals surface area contributed by atoms with Gasteiger partial charge in [0.1, 0.15) is 6.07 Å². The van der Waals surface area contributed by atoms with Crippen molar-refractivity contribution in [2.75, 3.05) is 11.4 Å². The van der Waals surface area contributed by atoms with E-state index in [1.54, 1.807) is 30.3 Å². The lowest BCUT2D eigenvalue weighted by atomic mass is 10.3. The number of para-hydroxylation sites is 1. The molecule has 94 valence electrons. The predicted octanol–water partition coefficient (Wildman–Crippen LogP) is 1.08. The average Bonchev–Trinajstić information content (AvgIpc) is 2.88. The molecule has 18 heavy (non-hydrogen) atoms. The molecule has 1 aliphatic heterocycles. The summed E-state index contributed by atoms with van der Waals surface area (Å²) in [7, 11) is -2.29. The second kappa shape index (κ2) is 4.66. The van der Waals surface area contributed by atoms with E-state index < -0.39 is 16.1 Å². The number of hydrogen-bond donors (Lipinski definition) is 0. The molecule has 1 aromatic rings. The number of oxime groups is 1. The minimum absolute atomic E-state index is 0.0179. The van der Waals surface area contributed by atoms with Crippen LogP contribution in [0.5, 0.6) is 0 Å². The maximum absolute atomic E-state index is 12.2. The van der Waals surface area contributed by atoms with Gasteiger partial charge in [0, 0.05) is 7.05 Å². The van der Waals surface area contributed by atoms with Crippen LogP contribution >= 0.6 is 0 Å². The van der Waals surface area contributed by atoms with Crippen LogP contribution in [0.2, 0.25) is 0 Å². The Balaban J connectivity index is 2.26. The third-order valence-corrected chi connectivity index (χ3v) is 4.33. The minimum Gasteiger partial charge on any atom is -0.376 e. The molecule has 1 heterocycles. The van der Waals surface area contributed by atoms with Crippen molar-refractivity contribution in [2.45, 2.75) is 12.5 Å². The Kier molecular flexibility index (Phi) is 3.21. The molecule has 0 spiro atoms. The van der Waals surface area contributed by atoms with Gasteiger partial charge in [-0.2, -0.15) is 13.7 Å². The molecule has 0 saturated heterocycles. The summed E-state index contributed by atoms with van der Waals surface area (Å²) < 4.78 is 25.5. The van der Waals surface area contributed by atoms with E-state index in [4.69, 9.17) is 10.1 Å². The predicted molar refractivity (Wildman–Crippen MR) is 66.3 cm³/mol. The van der Waals surface area contributed by atoms with Crippen LogP contribution in [-0.2, 0) is 14.9 Å². The van der Waals surface area contributed by atoms with Crippen molar-refractivity contribution in [1.29, 1.82) is 5.26 Å². The van der Waals surface area contributed by atoms with Gasteiger partial charge in [0.05, 0.1) is 12.1 Å². The Bertz CT molecular complexity index is 604. The number of hydrogen-bond acceptors (Lipinski definition) is 5. The monoisotopic (exact) mass is 265 g/mol. The van der Waals surface area contributed by atoms with E-state index in [0.717, 1.165) is 4.31 Å². The summed E-state index contributed by atoms with van der Waals surface area (Å²) in [5.74, 6) is 0. The minimum atomic E-state index is -3.73. The van der Waals surface area contributed by atoms with Crippen molar-refractivity contribution >= 4 is 20.8 Å². The number of rotatable bonds is 2. The van der Waals surface area contributed by atoms with Gasteiger partial charge in [-0.15, -0.1) is 0 Å². The fourth-order valence-corrected chi connectivity index (χ4v) is 2.73. The molecule has 6 nitrogen and oxygen atoms in total. The molecule has 1 aromatic carbocycles. The number of nitriles is 1. The molecule has 1 aliphatic rings. The maximum atomic E-state index is 12.2. The molecule has 0 amide bonds. The van der Waals surface area contributed by atoms with Gasteiger partial charge in [-0.1, -0.05) is 23.4 Å². The zero-order valence-electron chi connectivity index (χ0n) is 9.65. The number of sulfonamides is 1. The summed E-state index contributed by atoms with van der Waals surface area (Å²) in [6.07, 6.45) is -0.838. The Labute approximate surface area is 105 Å². The van der Waals surface area contributed by atoms with Crippen LogP contribution in [0, 0.1) is 11.3 Å². The zero-order chi connectivity index (χ0) is 13.2. The van der Waals surface area contributed by atoms with Crippen molar-refractivity contribution in [3.05, 3.63) is 30.3 Å². The van der Waals surface area contributed by atoms with E-state index in [2.05, 4.69) is 5.16 Å². The lowest BCUT2D eigenvalue weighted by molar-refractivity contribution is 0.125. The van der Waals surface area contributed by atoms with E-state index in [9.17, 15) is 8.42 Å². The summed E-state index contributed by atoms with van der Waals surface area (Å²) >= 11 is 0. The molecule has 0 radical (unpaired) electrons. The molecule has 7 heteroatoms. The van der Waals surface area contributed by atoms with Crippen molar-refractivity contribution in [3.63, 3.8) is 0 Å². The Morgan fingerprint density at radius 3 is 2.67 bits per heavy atom. The van der Waals surface area contributed by atoms with Crippen LogP contribution in [-0.4, -0.2) is 26.6 Å². The van der Waals surface area contributed by atoms with Crippen LogP contribution in [0.25, 0.3) is 0 Å². The van der Waals surface area contributed by atoms with Crippen molar-refractivity contribution in [1.82, 2.24) is 0 Å². The summed E-state index contributed by atoms with van der Waals surface area (Å²) in [5.41, 5.74) is 0.528. The molecule has 0 N–H and O–H groups in total. The topological polar surface area (TPSA) is 82.8 Å². The second-order valence-electron chi connectivity index (χ2n) is 3.72. The Morgan fingerprint density at radius 2 is 2.11 bits per heavy atom. The molecule has 0 bridgehead atoms. The first-order valence-corrected chi connectivity index (χ1v) is 6.66. The normalized spacial score (nSPS) is 18.7. The van der Waals surface area contributed by atoms with E-state index in [1.807, 2.05) is 6.07 Å². The lowest BCUT2D eigenvalue weighted by Gasteiger charge is -2.18. The van der Waals surface area contributed by atoms with Crippen LogP contribution < -0.4 is 4.31 Å². The standard InChI is InChI=1S/C11H11N3O3S/c1-14(9-5-3-2-4-6-9)18(15,16)11-7-10(8-12)17-13-11/h2-6,10H,7H2,1H3. The average molecular weight is 265 g/mol. The largest absolute Gasteiger partial charge is 0.376 e. The molecule has 2 rings (SSSR count). The first-order chi connectivity index (χ1) is 8.55. The van der Waals surface area contributed by atoms with Gasteiger partial charge >= 0.3 is 0 Å². The van der Waals surface area contributed by atoms with Crippen LogP contribution in [0.4, 0.5) is 5.69 Å². The van der Waals surface area contributed by atoms with Gasteiger partial charge < -0.3 is 4.84 Å². The second-order valence-corrected chi connectivity index (χ2v) is 5.69. The van der Waals surface area contributed by atoms with E-state index in [-0.39, 0.29) is 11.5 Å². The first kappa shape index (κ1) is 12.4. The number of benzene rings is 1. The van der Waals surface area contributed by atoms with Gasteiger partial charge in [0.2, 0.25) is 6.10 Å².